The SMILES string of the molecule is CCCCCCCCCCNC(O)C(O)O. The van der Waals surface area contributed by atoms with Gasteiger partial charge in [-0.25, -0.2) is 0 Å². The van der Waals surface area contributed by atoms with Crippen molar-refractivity contribution in [2.24, 2.45) is 0 Å². The lowest BCUT2D eigenvalue weighted by Crippen LogP contribution is -2.39. The number of unbranched alkanes of at least 4 members (excludes halogenated alkanes) is 7. The van der Waals surface area contributed by atoms with Crippen molar-refractivity contribution >= 4 is 0 Å². The standard InChI is InChI=1S/C12H27NO3/c1-2-3-4-5-6-7-8-9-10-13-11(14)12(15)16/h11-16H,2-10H2,1H3. The van der Waals surface area contributed by atoms with Crippen molar-refractivity contribution in [2.45, 2.75) is 70.8 Å². The third kappa shape index (κ3) is 10.4. The number of hydrogen-bond acceptors (Lipinski definition) is 4. The van der Waals surface area contributed by atoms with Gasteiger partial charge < -0.3 is 15.3 Å². The molecular formula is C12H27NO3. The van der Waals surface area contributed by atoms with E-state index in [-0.39, 0.29) is 0 Å². The van der Waals surface area contributed by atoms with Crippen LogP contribution < -0.4 is 5.32 Å². The van der Waals surface area contributed by atoms with Gasteiger partial charge in [0, 0.05) is 0 Å². The Kier molecular flexibility index (Phi) is 11.2. The monoisotopic (exact) mass is 233 g/mol. The zero-order chi connectivity index (χ0) is 12.2. The minimum Gasteiger partial charge on any atom is -0.373 e. The maximum Gasteiger partial charge on any atom is 0.192 e. The van der Waals surface area contributed by atoms with E-state index in [1.807, 2.05) is 0 Å². The molecule has 0 bridgehead atoms. The summed E-state index contributed by atoms with van der Waals surface area (Å²) >= 11 is 0. The molecule has 1 atom stereocenters. The molecule has 4 nitrogen and oxygen atoms in total. The molecule has 0 spiro atoms. The van der Waals surface area contributed by atoms with Crippen LogP contribution in [-0.2, 0) is 0 Å². The minimum absolute atomic E-state index is 0.633. The van der Waals surface area contributed by atoms with Crippen molar-refractivity contribution in [3.63, 3.8) is 0 Å². The Morgan fingerprint density at radius 2 is 1.31 bits per heavy atom. The van der Waals surface area contributed by atoms with Gasteiger partial charge in [0.1, 0.15) is 0 Å². The van der Waals surface area contributed by atoms with Gasteiger partial charge in [0.2, 0.25) is 0 Å². The Morgan fingerprint density at radius 3 is 1.81 bits per heavy atom. The van der Waals surface area contributed by atoms with Gasteiger partial charge in [-0.3, -0.25) is 5.32 Å². The molecule has 0 saturated heterocycles. The zero-order valence-corrected chi connectivity index (χ0v) is 10.4. The Bertz CT molecular complexity index is 142. The summed E-state index contributed by atoms with van der Waals surface area (Å²) < 4.78 is 0. The zero-order valence-electron chi connectivity index (χ0n) is 10.4. The summed E-state index contributed by atoms with van der Waals surface area (Å²) in [5, 5.41) is 28.8. The summed E-state index contributed by atoms with van der Waals surface area (Å²) in [6, 6.07) is 0. The smallest absolute Gasteiger partial charge is 0.192 e. The summed E-state index contributed by atoms with van der Waals surface area (Å²) in [5.41, 5.74) is 0. The van der Waals surface area contributed by atoms with E-state index in [1.54, 1.807) is 0 Å². The largest absolute Gasteiger partial charge is 0.373 e. The molecule has 0 aliphatic carbocycles. The van der Waals surface area contributed by atoms with E-state index in [9.17, 15) is 0 Å². The summed E-state index contributed by atoms with van der Waals surface area (Å²) in [6.45, 7) is 2.85. The van der Waals surface area contributed by atoms with Crippen LogP contribution in [0.3, 0.4) is 0 Å². The molecule has 0 heterocycles. The van der Waals surface area contributed by atoms with Crippen molar-refractivity contribution < 1.29 is 15.3 Å². The maximum absolute atomic E-state index is 9.02. The summed E-state index contributed by atoms with van der Waals surface area (Å²) in [6.07, 6.45) is 6.98. The van der Waals surface area contributed by atoms with Crippen LogP contribution in [0.5, 0.6) is 0 Å². The predicted molar refractivity (Wildman–Crippen MR) is 64.8 cm³/mol. The molecule has 0 saturated carbocycles. The molecule has 0 rings (SSSR count). The van der Waals surface area contributed by atoms with E-state index >= 15 is 0 Å². The van der Waals surface area contributed by atoms with Gasteiger partial charge in [0.15, 0.2) is 12.5 Å². The third-order valence-electron chi connectivity index (χ3n) is 2.67. The van der Waals surface area contributed by atoms with E-state index in [1.165, 1.54) is 38.5 Å². The first-order chi connectivity index (χ1) is 7.68. The number of nitrogens with one attached hydrogen (secondary N) is 1. The van der Waals surface area contributed by atoms with Crippen LogP contribution >= 0.6 is 0 Å². The second-order valence-corrected chi connectivity index (χ2v) is 4.29. The molecule has 0 aromatic carbocycles. The Labute approximate surface area is 98.7 Å². The topological polar surface area (TPSA) is 72.7 Å². The number of hydrogen-bond donors (Lipinski definition) is 4. The molecule has 4 heteroatoms. The average Bonchev–Trinajstić information content (AvgIpc) is 2.26. The highest BCUT2D eigenvalue weighted by Gasteiger charge is 2.09. The number of aliphatic hydroxyl groups excluding tert-OH is 2. The molecule has 1 unspecified atom stereocenters. The molecule has 16 heavy (non-hydrogen) atoms. The van der Waals surface area contributed by atoms with Crippen molar-refractivity contribution in [2.75, 3.05) is 6.54 Å². The fourth-order valence-electron chi connectivity index (χ4n) is 1.61. The molecule has 0 aromatic heterocycles. The van der Waals surface area contributed by atoms with Crippen molar-refractivity contribution in [1.29, 1.82) is 0 Å². The van der Waals surface area contributed by atoms with Crippen LogP contribution in [0.2, 0.25) is 0 Å². The predicted octanol–water partition coefficient (Wildman–Crippen LogP) is 1.35. The van der Waals surface area contributed by atoms with Gasteiger partial charge in [0.05, 0.1) is 0 Å². The van der Waals surface area contributed by atoms with Crippen LogP contribution in [0.4, 0.5) is 0 Å². The van der Waals surface area contributed by atoms with Gasteiger partial charge in [-0.05, 0) is 13.0 Å². The maximum atomic E-state index is 9.02. The van der Waals surface area contributed by atoms with E-state index in [2.05, 4.69) is 12.2 Å². The molecule has 0 amide bonds. The normalized spacial score (nSPS) is 13.3. The highest BCUT2D eigenvalue weighted by molar-refractivity contribution is 4.55. The van der Waals surface area contributed by atoms with Gasteiger partial charge in [-0.1, -0.05) is 51.9 Å². The quantitative estimate of drug-likeness (QED) is 0.321. The summed E-state index contributed by atoms with van der Waals surface area (Å²) in [4.78, 5) is 0. The first-order valence-corrected chi connectivity index (χ1v) is 6.46. The summed E-state index contributed by atoms with van der Waals surface area (Å²) in [5.74, 6) is 0. The molecule has 4 N–H and O–H groups in total. The first-order valence-electron chi connectivity index (χ1n) is 6.46. The number of rotatable bonds is 11. The van der Waals surface area contributed by atoms with Gasteiger partial charge in [-0.15, -0.1) is 0 Å². The second kappa shape index (κ2) is 11.3. The van der Waals surface area contributed by atoms with Crippen molar-refractivity contribution in [3.8, 4) is 0 Å². The highest BCUT2D eigenvalue weighted by Crippen LogP contribution is 2.07. The first kappa shape index (κ1) is 15.8. The lowest BCUT2D eigenvalue weighted by atomic mass is 10.1. The molecule has 0 aromatic rings. The number of aliphatic hydroxyl groups is 3. The molecule has 0 fully saturated rings. The van der Waals surface area contributed by atoms with Crippen LogP contribution in [0, 0.1) is 0 Å². The van der Waals surface area contributed by atoms with E-state index in [0.717, 1.165) is 12.8 Å². The minimum atomic E-state index is -1.69. The second-order valence-electron chi connectivity index (χ2n) is 4.29. The lowest BCUT2D eigenvalue weighted by molar-refractivity contribution is -0.132. The molecule has 0 radical (unpaired) electrons. The molecule has 98 valence electrons. The van der Waals surface area contributed by atoms with Crippen molar-refractivity contribution in [3.05, 3.63) is 0 Å². The summed E-state index contributed by atoms with van der Waals surface area (Å²) in [7, 11) is 0. The molecular weight excluding hydrogens is 206 g/mol. The Hall–Kier alpha value is -0.160. The van der Waals surface area contributed by atoms with E-state index in [4.69, 9.17) is 15.3 Å². The van der Waals surface area contributed by atoms with E-state index in [0.29, 0.717) is 6.54 Å². The third-order valence-corrected chi connectivity index (χ3v) is 2.67. The van der Waals surface area contributed by atoms with Crippen LogP contribution in [0.15, 0.2) is 0 Å². The van der Waals surface area contributed by atoms with Gasteiger partial charge in [-0.2, -0.15) is 0 Å². The molecule has 0 aliphatic heterocycles. The van der Waals surface area contributed by atoms with Crippen LogP contribution in [0.25, 0.3) is 0 Å². The molecule has 0 aliphatic rings. The fourth-order valence-corrected chi connectivity index (χ4v) is 1.61. The average molecular weight is 233 g/mol. The Balaban J connectivity index is 3.04. The van der Waals surface area contributed by atoms with Crippen molar-refractivity contribution in [1.82, 2.24) is 5.32 Å². The fraction of sp³-hybridized carbons (Fsp3) is 1.00. The van der Waals surface area contributed by atoms with Crippen LogP contribution in [0.1, 0.15) is 58.3 Å². The highest BCUT2D eigenvalue weighted by atomic mass is 16.5. The Morgan fingerprint density at radius 1 is 0.812 bits per heavy atom. The van der Waals surface area contributed by atoms with Gasteiger partial charge in [0.25, 0.3) is 0 Å². The lowest BCUT2D eigenvalue weighted by Gasteiger charge is -2.13. The van der Waals surface area contributed by atoms with Crippen LogP contribution in [-0.4, -0.2) is 34.4 Å². The van der Waals surface area contributed by atoms with E-state index < -0.39 is 12.5 Å². The van der Waals surface area contributed by atoms with Gasteiger partial charge >= 0.3 is 0 Å².